The summed E-state index contributed by atoms with van der Waals surface area (Å²) >= 11 is 7.98. The highest BCUT2D eigenvalue weighted by Crippen LogP contribution is 2.32. The van der Waals surface area contributed by atoms with Crippen molar-refractivity contribution in [2.24, 2.45) is 4.99 Å². The summed E-state index contributed by atoms with van der Waals surface area (Å²) in [6.07, 6.45) is 3.28. The van der Waals surface area contributed by atoms with E-state index in [4.69, 9.17) is 21.1 Å². The minimum absolute atomic E-state index is 0.232. The van der Waals surface area contributed by atoms with Crippen LogP contribution >= 0.6 is 22.9 Å². The fourth-order valence-corrected chi connectivity index (χ4v) is 4.06. The number of anilines is 3. The van der Waals surface area contributed by atoms with Gasteiger partial charge in [0.05, 0.1) is 16.1 Å². The molecule has 2 aromatic heterocycles. The molecule has 3 heterocycles. The van der Waals surface area contributed by atoms with Crippen molar-refractivity contribution in [3.63, 3.8) is 0 Å². The predicted octanol–water partition coefficient (Wildman–Crippen LogP) is 5.64. The summed E-state index contributed by atoms with van der Waals surface area (Å²) in [4.78, 5) is 17.6. The molecule has 0 bridgehead atoms. The van der Waals surface area contributed by atoms with Gasteiger partial charge in [-0.3, -0.25) is 0 Å². The molecule has 0 radical (unpaired) electrons. The van der Waals surface area contributed by atoms with Crippen molar-refractivity contribution < 1.29 is 9.47 Å². The Morgan fingerprint density at radius 3 is 2.70 bits per heavy atom. The zero-order chi connectivity index (χ0) is 22.8. The highest BCUT2D eigenvalue weighted by Gasteiger charge is 2.26. The van der Waals surface area contributed by atoms with Crippen LogP contribution in [0.4, 0.5) is 17.2 Å². The van der Waals surface area contributed by atoms with E-state index in [9.17, 15) is 0 Å². The molecule has 4 aromatic rings. The van der Waals surface area contributed by atoms with Gasteiger partial charge in [0.15, 0.2) is 0 Å². The first-order chi connectivity index (χ1) is 15.9. The van der Waals surface area contributed by atoms with Crippen molar-refractivity contribution >= 4 is 57.1 Å². The van der Waals surface area contributed by atoms with Crippen molar-refractivity contribution in [3.8, 4) is 5.75 Å². The summed E-state index contributed by atoms with van der Waals surface area (Å²) < 4.78 is 11.4. The molecule has 0 fully saturated rings. The first-order valence-corrected chi connectivity index (χ1v) is 11.5. The maximum absolute atomic E-state index is 6.45. The van der Waals surface area contributed by atoms with Crippen LogP contribution in [0.2, 0.25) is 5.02 Å². The van der Waals surface area contributed by atoms with Gasteiger partial charge in [-0.1, -0.05) is 11.6 Å². The molecular formula is C23H21ClN6O2S. The lowest BCUT2D eigenvalue weighted by Gasteiger charge is -2.12. The van der Waals surface area contributed by atoms with Crippen LogP contribution in [-0.2, 0) is 11.3 Å². The molecular weight excluding hydrogens is 460 g/mol. The lowest BCUT2D eigenvalue weighted by molar-refractivity contribution is 0.278. The molecule has 1 aliphatic heterocycles. The fourth-order valence-electron chi connectivity index (χ4n) is 3.30. The van der Waals surface area contributed by atoms with E-state index in [1.54, 1.807) is 12.3 Å². The monoisotopic (exact) mass is 480 g/mol. The van der Waals surface area contributed by atoms with Gasteiger partial charge >= 0.3 is 0 Å². The van der Waals surface area contributed by atoms with Crippen LogP contribution in [0, 0.1) is 0 Å². The molecule has 0 saturated carbocycles. The Labute approximate surface area is 199 Å². The van der Waals surface area contributed by atoms with Crippen molar-refractivity contribution in [1.29, 1.82) is 0 Å². The molecule has 2 N–H and O–H groups in total. The molecule has 0 saturated heterocycles. The Bertz CT molecular complexity index is 1330. The zero-order valence-corrected chi connectivity index (χ0v) is 19.6. The molecule has 0 aliphatic carbocycles. The van der Waals surface area contributed by atoms with E-state index in [-0.39, 0.29) is 5.54 Å². The number of nitrogens with one attached hydrogen (secondary N) is 2. The van der Waals surface area contributed by atoms with E-state index in [0.29, 0.717) is 35.8 Å². The average Bonchev–Trinajstić information content (AvgIpc) is 3.43. The molecule has 2 aromatic carbocycles. The third-order valence-electron chi connectivity index (χ3n) is 4.88. The van der Waals surface area contributed by atoms with Crippen LogP contribution < -0.4 is 15.4 Å². The number of fused-ring (bicyclic) bond motifs is 1. The normalized spacial score (nSPS) is 14.6. The third kappa shape index (κ3) is 4.99. The van der Waals surface area contributed by atoms with Gasteiger partial charge < -0.3 is 20.1 Å². The van der Waals surface area contributed by atoms with Gasteiger partial charge in [0, 0.05) is 28.3 Å². The first-order valence-electron chi connectivity index (χ1n) is 10.3. The van der Waals surface area contributed by atoms with Crippen LogP contribution in [0.3, 0.4) is 0 Å². The Balaban J connectivity index is 1.35. The maximum Gasteiger partial charge on any atom is 0.289 e. The van der Waals surface area contributed by atoms with Gasteiger partial charge in [-0.25, -0.2) is 19.9 Å². The summed E-state index contributed by atoms with van der Waals surface area (Å²) in [5, 5.41) is 10.7. The number of ether oxygens (including phenoxy) is 2. The van der Waals surface area contributed by atoms with E-state index in [0.717, 1.165) is 27.3 Å². The van der Waals surface area contributed by atoms with E-state index in [1.807, 2.05) is 49.6 Å². The van der Waals surface area contributed by atoms with Gasteiger partial charge in [0.1, 0.15) is 36.1 Å². The summed E-state index contributed by atoms with van der Waals surface area (Å²) in [7, 11) is 0. The number of aromatic nitrogens is 3. The topological polar surface area (TPSA) is 93.5 Å². The van der Waals surface area contributed by atoms with Crippen LogP contribution in [-0.4, -0.2) is 33.1 Å². The number of benzene rings is 2. The fraction of sp³-hybridized carbons (Fsp3) is 0.217. The van der Waals surface area contributed by atoms with Crippen LogP contribution in [0.15, 0.2) is 59.3 Å². The number of hydrogen-bond acceptors (Lipinski definition) is 9. The lowest BCUT2D eigenvalue weighted by atomic mass is 10.1. The van der Waals surface area contributed by atoms with Gasteiger partial charge in [0.25, 0.3) is 6.02 Å². The molecule has 168 valence electrons. The second-order valence-electron chi connectivity index (χ2n) is 8.08. The number of hydrogen-bond donors (Lipinski definition) is 2. The summed E-state index contributed by atoms with van der Waals surface area (Å²) in [6.45, 7) is 4.97. The quantitative estimate of drug-likeness (QED) is 0.369. The van der Waals surface area contributed by atoms with E-state index < -0.39 is 0 Å². The summed E-state index contributed by atoms with van der Waals surface area (Å²) in [5.74, 6) is 1.25. The second-order valence-corrected chi connectivity index (χ2v) is 9.47. The first kappa shape index (κ1) is 21.4. The van der Waals surface area contributed by atoms with Gasteiger partial charge in [-0.2, -0.15) is 0 Å². The minimum atomic E-state index is -0.232. The zero-order valence-electron chi connectivity index (χ0n) is 18.0. The third-order valence-corrected chi connectivity index (χ3v) is 5.93. The van der Waals surface area contributed by atoms with Crippen molar-refractivity contribution in [2.75, 3.05) is 17.2 Å². The Morgan fingerprint density at radius 1 is 1.09 bits per heavy atom. The molecule has 0 unspecified atom stereocenters. The molecule has 1 aliphatic rings. The van der Waals surface area contributed by atoms with E-state index >= 15 is 0 Å². The highest BCUT2D eigenvalue weighted by atomic mass is 35.5. The van der Waals surface area contributed by atoms with Crippen LogP contribution in [0.25, 0.3) is 10.9 Å². The number of thiazole rings is 1. The minimum Gasteiger partial charge on any atom is -0.485 e. The molecule has 0 amide bonds. The van der Waals surface area contributed by atoms with Gasteiger partial charge in [-0.15, -0.1) is 11.3 Å². The summed E-state index contributed by atoms with van der Waals surface area (Å²) in [6, 6.07) is 11.8. The van der Waals surface area contributed by atoms with Gasteiger partial charge in [-0.05, 0) is 50.2 Å². The predicted molar refractivity (Wildman–Crippen MR) is 132 cm³/mol. The highest BCUT2D eigenvalue weighted by molar-refractivity contribution is 7.09. The Kier molecular flexibility index (Phi) is 5.74. The van der Waals surface area contributed by atoms with Crippen LogP contribution in [0.5, 0.6) is 5.75 Å². The number of amidine groups is 1. The van der Waals surface area contributed by atoms with Crippen molar-refractivity contribution in [3.05, 3.63) is 64.3 Å². The van der Waals surface area contributed by atoms with E-state index in [2.05, 4.69) is 30.6 Å². The van der Waals surface area contributed by atoms with E-state index in [1.165, 1.54) is 17.7 Å². The molecule has 8 nitrogen and oxygen atoms in total. The number of halogens is 1. The van der Waals surface area contributed by atoms with Crippen molar-refractivity contribution in [2.45, 2.75) is 26.0 Å². The molecule has 0 atom stereocenters. The largest absolute Gasteiger partial charge is 0.485 e. The standard InChI is InChI=1S/C23H21ClN6O2S/c1-23(2)12-32-22(30-23)29-14-3-5-18-16(9-14)21(27-13-26-18)28-15-4-6-19(17(24)10-15)31-11-20-25-7-8-33-20/h3-10,13H,11-12H2,1-2H3,(H,29,30)(H,26,27,28). The van der Waals surface area contributed by atoms with Crippen molar-refractivity contribution in [1.82, 2.24) is 15.0 Å². The molecule has 10 heteroatoms. The smallest absolute Gasteiger partial charge is 0.289 e. The number of nitrogens with zero attached hydrogens (tertiary/aromatic N) is 4. The number of rotatable bonds is 6. The number of aliphatic imine (C=N–C) groups is 1. The molecule has 33 heavy (non-hydrogen) atoms. The maximum atomic E-state index is 6.45. The average molecular weight is 481 g/mol. The van der Waals surface area contributed by atoms with Crippen LogP contribution in [0.1, 0.15) is 18.9 Å². The SMILES string of the molecule is CC1(C)COC(Nc2ccc3ncnc(Nc4ccc(OCc5nccs5)c(Cl)c4)c3c2)=N1. The lowest BCUT2D eigenvalue weighted by Crippen LogP contribution is -2.17. The Hall–Kier alpha value is -3.43. The molecule has 0 spiro atoms. The summed E-state index contributed by atoms with van der Waals surface area (Å²) in [5.41, 5.74) is 2.19. The molecule has 5 rings (SSSR count). The Morgan fingerprint density at radius 2 is 1.94 bits per heavy atom. The second kappa shape index (κ2) is 8.84. The van der Waals surface area contributed by atoms with Gasteiger partial charge in [0.2, 0.25) is 0 Å².